The maximum absolute atomic E-state index is 5.61. The van der Waals surface area contributed by atoms with Crippen molar-refractivity contribution in [2.75, 3.05) is 19.6 Å². The van der Waals surface area contributed by atoms with Gasteiger partial charge < -0.3 is 11.1 Å². The highest BCUT2D eigenvalue weighted by atomic mass is 14.8. The topological polar surface area (TPSA) is 38.0 Å². The zero-order chi connectivity index (χ0) is 14.3. The summed E-state index contributed by atoms with van der Waals surface area (Å²) < 4.78 is 0. The third-order valence-corrected chi connectivity index (χ3v) is 4.31. The zero-order valence-electron chi connectivity index (χ0n) is 13.7. The van der Waals surface area contributed by atoms with Gasteiger partial charge in [-0.05, 0) is 50.7 Å². The van der Waals surface area contributed by atoms with E-state index in [0.29, 0.717) is 0 Å². The van der Waals surface area contributed by atoms with Crippen LogP contribution in [0, 0.1) is 11.8 Å². The summed E-state index contributed by atoms with van der Waals surface area (Å²) in [5, 5.41) is 3.51. The molecule has 2 unspecified atom stereocenters. The third-order valence-electron chi connectivity index (χ3n) is 4.31. The summed E-state index contributed by atoms with van der Waals surface area (Å²) in [7, 11) is 0. The van der Waals surface area contributed by atoms with Crippen molar-refractivity contribution in [3.63, 3.8) is 0 Å². The lowest BCUT2D eigenvalue weighted by Gasteiger charge is -2.18. The van der Waals surface area contributed by atoms with Crippen LogP contribution in [-0.2, 0) is 0 Å². The maximum atomic E-state index is 5.61. The fourth-order valence-corrected chi connectivity index (χ4v) is 2.51. The van der Waals surface area contributed by atoms with Gasteiger partial charge >= 0.3 is 0 Å². The molecule has 0 aromatic carbocycles. The number of unbranched alkanes of at least 4 members (excludes halogenated alkanes) is 5. The van der Waals surface area contributed by atoms with Crippen molar-refractivity contribution in [2.45, 2.75) is 78.6 Å². The van der Waals surface area contributed by atoms with Gasteiger partial charge in [-0.25, -0.2) is 0 Å². The summed E-state index contributed by atoms with van der Waals surface area (Å²) in [6.45, 7) is 10.2. The molecular formula is C17H38N2. The Morgan fingerprint density at radius 1 is 0.789 bits per heavy atom. The second kappa shape index (κ2) is 14.3. The first kappa shape index (κ1) is 18.9. The lowest BCUT2D eigenvalue weighted by Crippen LogP contribution is -2.16. The molecule has 0 aliphatic carbocycles. The minimum Gasteiger partial charge on any atom is -0.330 e. The Kier molecular flexibility index (Phi) is 14.3. The van der Waals surface area contributed by atoms with Gasteiger partial charge in [0.1, 0.15) is 0 Å². The highest BCUT2D eigenvalue weighted by Crippen LogP contribution is 2.21. The molecule has 0 amide bonds. The molecule has 0 saturated carbocycles. The molecule has 3 N–H and O–H groups in total. The van der Waals surface area contributed by atoms with Crippen molar-refractivity contribution in [3.05, 3.63) is 0 Å². The summed E-state index contributed by atoms with van der Waals surface area (Å²) in [6.07, 6.45) is 12.2. The second-order valence-corrected chi connectivity index (χ2v) is 6.19. The number of hydrogen-bond donors (Lipinski definition) is 2. The minimum absolute atomic E-state index is 0.799. The lowest BCUT2D eigenvalue weighted by atomic mass is 9.88. The smallest absolute Gasteiger partial charge is 0.00489 e. The predicted octanol–water partition coefficient (Wildman–Crippen LogP) is 4.34. The van der Waals surface area contributed by atoms with E-state index in [-0.39, 0.29) is 0 Å². The van der Waals surface area contributed by atoms with Gasteiger partial charge in [-0.2, -0.15) is 0 Å². The quantitative estimate of drug-likeness (QED) is 0.461. The van der Waals surface area contributed by atoms with E-state index in [0.717, 1.165) is 18.4 Å². The second-order valence-electron chi connectivity index (χ2n) is 6.19. The van der Waals surface area contributed by atoms with Crippen LogP contribution in [0.5, 0.6) is 0 Å². The Labute approximate surface area is 121 Å². The van der Waals surface area contributed by atoms with Gasteiger partial charge in [-0.1, -0.05) is 59.3 Å². The highest BCUT2D eigenvalue weighted by Gasteiger charge is 2.10. The molecule has 0 bridgehead atoms. The van der Waals surface area contributed by atoms with Crippen LogP contribution in [0.1, 0.15) is 78.6 Å². The van der Waals surface area contributed by atoms with E-state index in [4.69, 9.17) is 5.73 Å². The van der Waals surface area contributed by atoms with Crippen LogP contribution in [-0.4, -0.2) is 19.6 Å². The summed E-state index contributed by atoms with van der Waals surface area (Å²) in [4.78, 5) is 0. The molecule has 0 radical (unpaired) electrons. The first-order valence-electron chi connectivity index (χ1n) is 8.63. The van der Waals surface area contributed by atoms with Gasteiger partial charge in [-0.15, -0.1) is 0 Å². The number of hydrogen-bond acceptors (Lipinski definition) is 2. The molecule has 0 heterocycles. The molecule has 19 heavy (non-hydrogen) atoms. The molecular weight excluding hydrogens is 232 g/mol. The molecule has 2 nitrogen and oxygen atoms in total. The normalized spacial score (nSPS) is 14.5. The fourth-order valence-electron chi connectivity index (χ4n) is 2.51. The van der Waals surface area contributed by atoms with Gasteiger partial charge in [0.15, 0.2) is 0 Å². The Morgan fingerprint density at radius 2 is 1.37 bits per heavy atom. The number of rotatable bonds is 14. The Balaban J connectivity index is 3.18. The van der Waals surface area contributed by atoms with E-state index in [1.165, 1.54) is 70.9 Å². The summed E-state index contributed by atoms with van der Waals surface area (Å²) in [5.74, 6) is 1.65. The molecule has 2 atom stereocenters. The highest BCUT2D eigenvalue weighted by molar-refractivity contribution is 4.63. The lowest BCUT2D eigenvalue weighted by molar-refractivity contribution is 0.336. The van der Waals surface area contributed by atoms with Gasteiger partial charge in [0.05, 0.1) is 0 Å². The van der Waals surface area contributed by atoms with Crippen molar-refractivity contribution in [1.82, 2.24) is 5.32 Å². The van der Waals surface area contributed by atoms with Crippen LogP contribution in [0.2, 0.25) is 0 Å². The molecule has 0 spiro atoms. The van der Waals surface area contributed by atoms with Crippen LogP contribution in [0.25, 0.3) is 0 Å². The van der Waals surface area contributed by atoms with Crippen molar-refractivity contribution in [2.24, 2.45) is 17.6 Å². The van der Waals surface area contributed by atoms with Crippen LogP contribution >= 0.6 is 0 Å². The Hall–Kier alpha value is -0.0800. The molecule has 0 fully saturated rings. The minimum atomic E-state index is 0.799. The fraction of sp³-hybridized carbons (Fsp3) is 1.00. The van der Waals surface area contributed by atoms with E-state index < -0.39 is 0 Å². The van der Waals surface area contributed by atoms with Crippen molar-refractivity contribution in [1.29, 1.82) is 0 Å². The average molecular weight is 271 g/mol. The third kappa shape index (κ3) is 12.7. The van der Waals surface area contributed by atoms with Crippen molar-refractivity contribution in [3.8, 4) is 0 Å². The molecule has 116 valence electrons. The number of nitrogens with one attached hydrogen (secondary N) is 1. The number of nitrogens with two attached hydrogens (primary N) is 1. The first-order valence-corrected chi connectivity index (χ1v) is 8.63. The SMILES string of the molecule is CCCCNCCCCCCCC(C)C(C)CCN. The van der Waals surface area contributed by atoms with E-state index in [1.54, 1.807) is 0 Å². The molecule has 0 aliphatic heterocycles. The standard InChI is InChI=1S/C17H38N2/c1-4-5-14-19-15-10-8-6-7-9-11-16(2)17(3)12-13-18/h16-17,19H,4-15,18H2,1-3H3. The summed E-state index contributed by atoms with van der Waals surface area (Å²) in [5.41, 5.74) is 5.61. The average Bonchev–Trinajstić information content (AvgIpc) is 2.41. The Bertz CT molecular complexity index is 171. The van der Waals surface area contributed by atoms with Crippen molar-refractivity contribution < 1.29 is 0 Å². The van der Waals surface area contributed by atoms with Gasteiger partial charge in [0, 0.05) is 0 Å². The summed E-state index contributed by atoms with van der Waals surface area (Å²) in [6, 6.07) is 0. The Morgan fingerprint density at radius 3 is 2.05 bits per heavy atom. The molecule has 0 aromatic rings. The molecule has 2 heteroatoms. The van der Waals surface area contributed by atoms with Crippen LogP contribution in [0.15, 0.2) is 0 Å². The van der Waals surface area contributed by atoms with Gasteiger partial charge in [0.2, 0.25) is 0 Å². The molecule has 0 rings (SSSR count). The van der Waals surface area contributed by atoms with Crippen LogP contribution in [0.3, 0.4) is 0 Å². The van der Waals surface area contributed by atoms with Crippen LogP contribution in [0.4, 0.5) is 0 Å². The van der Waals surface area contributed by atoms with E-state index in [9.17, 15) is 0 Å². The van der Waals surface area contributed by atoms with E-state index >= 15 is 0 Å². The summed E-state index contributed by atoms with van der Waals surface area (Å²) >= 11 is 0. The molecule has 0 saturated heterocycles. The molecule has 0 aliphatic rings. The first-order chi connectivity index (χ1) is 9.22. The van der Waals surface area contributed by atoms with E-state index in [1.807, 2.05) is 0 Å². The maximum Gasteiger partial charge on any atom is -0.00489 e. The van der Waals surface area contributed by atoms with Gasteiger partial charge in [-0.3, -0.25) is 0 Å². The monoisotopic (exact) mass is 270 g/mol. The van der Waals surface area contributed by atoms with Gasteiger partial charge in [0.25, 0.3) is 0 Å². The van der Waals surface area contributed by atoms with Crippen LogP contribution < -0.4 is 11.1 Å². The molecule has 0 aromatic heterocycles. The van der Waals surface area contributed by atoms with Crippen molar-refractivity contribution >= 4 is 0 Å². The largest absolute Gasteiger partial charge is 0.330 e. The van der Waals surface area contributed by atoms with E-state index in [2.05, 4.69) is 26.1 Å². The predicted molar refractivity (Wildman–Crippen MR) is 87.5 cm³/mol. The zero-order valence-corrected chi connectivity index (χ0v) is 13.7.